The number of ether oxygens (including phenoxy) is 1. The summed E-state index contributed by atoms with van der Waals surface area (Å²) in [6.45, 7) is 0.415. The van der Waals surface area contributed by atoms with Gasteiger partial charge in [0.1, 0.15) is 9.02 Å². The maximum atomic E-state index is 14.6. The summed E-state index contributed by atoms with van der Waals surface area (Å²) in [7, 11) is 5.16. The fourth-order valence-electron chi connectivity index (χ4n) is 4.89. The second-order valence-electron chi connectivity index (χ2n) is 9.63. The van der Waals surface area contributed by atoms with Crippen molar-refractivity contribution in [1.29, 1.82) is 0 Å². The van der Waals surface area contributed by atoms with Crippen LogP contribution in [0, 0.1) is 0 Å². The number of halogens is 4. The van der Waals surface area contributed by atoms with Crippen molar-refractivity contribution >= 4 is 22.6 Å². The Balaban J connectivity index is 2.14. The molecule has 39 heavy (non-hydrogen) atoms. The van der Waals surface area contributed by atoms with E-state index in [0.29, 0.717) is 23.2 Å². The monoisotopic (exact) mass is 646 g/mol. The van der Waals surface area contributed by atoms with Gasteiger partial charge in [0.25, 0.3) is 0 Å². The van der Waals surface area contributed by atoms with E-state index in [1.54, 1.807) is 42.6 Å². The molecule has 1 heterocycles. The van der Waals surface area contributed by atoms with E-state index in [4.69, 9.17) is 4.74 Å². The zero-order chi connectivity index (χ0) is 28.3. The maximum absolute atomic E-state index is 14.6. The first-order valence-electron chi connectivity index (χ1n) is 12.4. The van der Waals surface area contributed by atoms with Crippen LogP contribution in [0.2, 0.25) is 0 Å². The summed E-state index contributed by atoms with van der Waals surface area (Å²) in [5.74, 6) is 0.139. The first kappa shape index (κ1) is 29.0. The van der Waals surface area contributed by atoms with E-state index in [-0.39, 0.29) is 17.9 Å². The van der Waals surface area contributed by atoms with Gasteiger partial charge in [0.2, 0.25) is 5.88 Å². The Morgan fingerprint density at radius 3 is 1.95 bits per heavy atom. The van der Waals surface area contributed by atoms with Gasteiger partial charge in [-0.2, -0.15) is 13.2 Å². The van der Waals surface area contributed by atoms with Gasteiger partial charge >= 0.3 is 6.18 Å². The predicted molar refractivity (Wildman–Crippen MR) is 156 cm³/mol. The van der Waals surface area contributed by atoms with Gasteiger partial charge in [-0.05, 0) is 49.3 Å². The number of methoxy groups -OCH3 is 1. The van der Waals surface area contributed by atoms with Crippen molar-refractivity contribution in [3.05, 3.63) is 119 Å². The molecule has 0 aliphatic heterocycles. The van der Waals surface area contributed by atoms with E-state index >= 15 is 0 Å². The molecule has 0 radical (unpaired) electrons. The molecule has 4 rings (SSSR count). The molecule has 8 heteroatoms. The van der Waals surface area contributed by atoms with E-state index in [2.05, 4.69) is 4.98 Å². The van der Waals surface area contributed by atoms with Gasteiger partial charge in [0.15, 0.2) is 0 Å². The van der Waals surface area contributed by atoms with Crippen LogP contribution < -0.4 is 4.74 Å². The normalized spacial score (nSPS) is 15.0. The lowest BCUT2D eigenvalue weighted by molar-refractivity contribution is -0.139. The summed E-state index contributed by atoms with van der Waals surface area (Å²) in [5.41, 5.74) is -0.336. The molecule has 2 unspecified atom stereocenters. The number of nitrogens with zero attached hydrogens (tertiary/aromatic N) is 2. The van der Waals surface area contributed by atoms with E-state index in [9.17, 15) is 18.3 Å². The Bertz CT molecular complexity index is 1400. The third kappa shape index (κ3) is 5.69. The number of hydrogen-bond acceptors (Lipinski definition) is 4. The van der Waals surface area contributed by atoms with Crippen LogP contribution in [0.15, 0.2) is 97.2 Å². The lowest BCUT2D eigenvalue weighted by Gasteiger charge is -2.46. The van der Waals surface area contributed by atoms with Gasteiger partial charge in [-0.3, -0.25) is 0 Å². The molecule has 0 spiro atoms. The zero-order valence-corrected chi connectivity index (χ0v) is 24.1. The molecule has 0 fully saturated rings. The van der Waals surface area contributed by atoms with Crippen molar-refractivity contribution in [3.63, 3.8) is 0 Å². The number of aliphatic hydroxyl groups is 1. The molecule has 3 aromatic carbocycles. The highest BCUT2D eigenvalue weighted by molar-refractivity contribution is 14.1. The molecule has 0 aliphatic carbocycles. The third-order valence-electron chi connectivity index (χ3n) is 6.87. The van der Waals surface area contributed by atoms with Crippen LogP contribution in [0.1, 0.15) is 28.7 Å². The molecule has 0 aliphatic rings. The topological polar surface area (TPSA) is 45.6 Å². The van der Waals surface area contributed by atoms with E-state index in [0.717, 1.165) is 11.6 Å². The number of hydrogen-bond donors (Lipinski definition) is 1. The molecule has 4 nitrogen and oxygen atoms in total. The average Bonchev–Trinajstić information content (AvgIpc) is 2.95. The molecule has 2 atom stereocenters. The SMILES string of the molecule is COc1ncc(-c2ccccc2)cc1C(I)(c1ccccc1C(F)(F)F)C(O)(CCN(C)C)c1ccccc1. The number of aromatic nitrogens is 1. The average molecular weight is 646 g/mol. The summed E-state index contributed by atoms with van der Waals surface area (Å²) in [4.78, 5) is 6.43. The summed E-state index contributed by atoms with van der Waals surface area (Å²) in [6.07, 6.45) is -2.90. The molecule has 0 saturated carbocycles. The van der Waals surface area contributed by atoms with E-state index < -0.39 is 20.8 Å². The smallest absolute Gasteiger partial charge is 0.416 e. The minimum atomic E-state index is -4.66. The minimum Gasteiger partial charge on any atom is -0.481 e. The predicted octanol–water partition coefficient (Wildman–Crippen LogP) is 7.29. The van der Waals surface area contributed by atoms with Crippen LogP contribution in [-0.4, -0.2) is 42.7 Å². The minimum absolute atomic E-state index is 0.0754. The lowest BCUT2D eigenvalue weighted by Crippen LogP contribution is -2.48. The van der Waals surface area contributed by atoms with Crippen molar-refractivity contribution in [2.24, 2.45) is 0 Å². The Morgan fingerprint density at radius 1 is 0.821 bits per heavy atom. The van der Waals surface area contributed by atoms with Crippen LogP contribution in [0.3, 0.4) is 0 Å². The zero-order valence-electron chi connectivity index (χ0n) is 21.9. The quantitative estimate of drug-likeness (QED) is 0.153. The number of benzene rings is 3. The summed E-state index contributed by atoms with van der Waals surface area (Å²) < 4.78 is 47.8. The molecule has 0 amide bonds. The van der Waals surface area contributed by atoms with Gasteiger partial charge in [0, 0.05) is 23.9 Å². The van der Waals surface area contributed by atoms with Crippen LogP contribution in [-0.2, 0) is 15.2 Å². The molecule has 1 N–H and O–H groups in total. The van der Waals surface area contributed by atoms with Crippen molar-refractivity contribution in [2.45, 2.75) is 21.6 Å². The molecule has 1 aromatic heterocycles. The Hall–Kier alpha value is -2.95. The highest BCUT2D eigenvalue weighted by atomic mass is 127. The van der Waals surface area contributed by atoms with Gasteiger partial charge in [-0.1, -0.05) is 101 Å². The largest absolute Gasteiger partial charge is 0.481 e. The first-order chi connectivity index (χ1) is 18.5. The van der Waals surface area contributed by atoms with Gasteiger partial charge in [-0.15, -0.1) is 0 Å². The number of alkyl halides is 4. The fraction of sp³-hybridized carbons (Fsp3) is 0.258. The third-order valence-corrected chi connectivity index (χ3v) is 8.92. The molecular weight excluding hydrogens is 616 g/mol. The van der Waals surface area contributed by atoms with Crippen molar-refractivity contribution in [2.75, 3.05) is 27.7 Å². The lowest BCUT2D eigenvalue weighted by atomic mass is 9.70. The van der Waals surface area contributed by atoms with Crippen LogP contribution in [0.4, 0.5) is 13.2 Å². The molecule has 0 bridgehead atoms. The maximum Gasteiger partial charge on any atom is 0.416 e. The summed E-state index contributed by atoms with van der Waals surface area (Å²) >= 11 is 2.00. The number of pyridine rings is 1. The van der Waals surface area contributed by atoms with Gasteiger partial charge < -0.3 is 14.7 Å². The second-order valence-corrected chi connectivity index (χ2v) is 11.2. The molecule has 204 valence electrons. The Morgan fingerprint density at radius 2 is 1.38 bits per heavy atom. The van der Waals surface area contributed by atoms with Crippen LogP contribution in [0.25, 0.3) is 11.1 Å². The van der Waals surface area contributed by atoms with Crippen LogP contribution in [0.5, 0.6) is 5.88 Å². The first-order valence-corrected chi connectivity index (χ1v) is 13.5. The molecule has 0 saturated heterocycles. The van der Waals surface area contributed by atoms with Gasteiger partial charge in [-0.25, -0.2) is 4.98 Å². The highest BCUT2D eigenvalue weighted by Gasteiger charge is 2.56. The number of rotatable bonds is 9. The van der Waals surface area contributed by atoms with Crippen molar-refractivity contribution in [3.8, 4) is 17.0 Å². The van der Waals surface area contributed by atoms with Crippen LogP contribution >= 0.6 is 22.6 Å². The molecule has 4 aromatic rings. The standard InChI is InChI=1S/C31H30F3IN2O2/c1-37(2)19-18-29(38,24-14-8-5-9-15-24)30(35,25-16-10-11-17-26(25)31(32,33)34)27-20-23(21-36-28(27)39-3)22-12-6-4-7-13-22/h4-17,20-21,38H,18-19H2,1-3H3. The van der Waals surface area contributed by atoms with E-state index in [1.165, 1.54) is 19.2 Å². The molecular formula is C31H30F3IN2O2. The summed E-state index contributed by atoms with van der Waals surface area (Å²) in [5, 5.41) is 12.8. The Kier molecular flexibility index (Phi) is 8.68. The Labute approximate surface area is 240 Å². The second kappa shape index (κ2) is 11.7. The van der Waals surface area contributed by atoms with Gasteiger partial charge in [0.05, 0.1) is 12.7 Å². The van der Waals surface area contributed by atoms with Crippen molar-refractivity contribution < 1.29 is 23.0 Å². The highest BCUT2D eigenvalue weighted by Crippen LogP contribution is 2.58. The fourth-order valence-corrected chi connectivity index (χ4v) is 6.32. The summed E-state index contributed by atoms with van der Waals surface area (Å²) in [6, 6.07) is 25.5. The van der Waals surface area contributed by atoms with E-state index in [1.807, 2.05) is 78.0 Å². The van der Waals surface area contributed by atoms with Crippen molar-refractivity contribution in [1.82, 2.24) is 9.88 Å².